The Hall–Kier alpha value is -3.78. The highest BCUT2D eigenvalue weighted by Crippen LogP contribution is 2.59. The number of carbonyl (C=O) groups is 2. The van der Waals surface area contributed by atoms with Gasteiger partial charge in [-0.1, -0.05) is 120 Å². The third-order valence-electron chi connectivity index (χ3n) is 7.19. The number of rotatable bonds is 6. The SMILES string of the molecule is Cc1ccc(C(=O)[C@H]2[C@H](C(=O)c3ccc(C)cc3)[C@@H](c3ccccc3)[C@@H]2c2ccccc2)cc1. The highest BCUT2D eigenvalue weighted by atomic mass is 16.1. The van der Waals surface area contributed by atoms with Crippen LogP contribution in [0.5, 0.6) is 0 Å². The van der Waals surface area contributed by atoms with Crippen LogP contribution in [-0.2, 0) is 0 Å². The number of hydrogen-bond acceptors (Lipinski definition) is 2. The Morgan fingerprint density at radius 3 is 1.12 bits per heavy atom. The lowest BCUT2D eigenvalue weighted by Crippen LogP contribution is -2.51. The molecule has 2 nitrogen and oxygen atoms in total. The van der Waals surface area contributed by atoms with Gasteiger partial charge in [0.2, 0.25) is 0 Å². The molecule has 4 atom stereocenters. The van der Waals surface area contributed by atoms with E-state index in [1.165, 1.54) is 0 Å². The minimum atomic E-state index is -0.413. The molecule has 2 heteroatoms. The van der Waals surface area contributed by atoms with Gasteiger partial charge >= 0.3 is 0 Å². The lowest BCUT2D eigenvalue weighted by Gasteiger charge is -2.51. The molecule has 0 N–H and O–H groups in total. The summed E-state index contributed by atoms with van der Waals surface area (Å²) in [6, 6.07) is 35.8. The average molecular weight is 445 g/mol. The molecule has 4 aromatic rings. The topological polar surface area (TPSA) is 34.1 Å². The molecule has 0 spiro atoms. The first-order chi connectivity index (χ1) is 16.5. The van der Waals surface area contributed by atoms with Crippen LogP contribution < -0.4 is 0 Å². The molecule has 1 aliphatic carbocycles. The fourth-order valence-electron chi connectivity index (χ4n) is 5.40. The van der Waals surface area contributed by atoms with Crippen LogP contribution in [0.25, 0.3) is 0 Å². The normalized spacial score (nSPS) is 21.5. The molecule has 0 heterocycles. The Bertz CT molecular complexity index is 1180. The van der Waals surface area contributed by atoms with Crippen LogP contribution >= 0.6 is 0 Å². The second-order valence-electron chi connectivity index (χ2n) is 9.39. The summed E-state index contributed by atoms with van der Waals surface area (Å²) in [5.74, 6) is -0.847. The van der Waals surface area contributed by atoms with Gasteiger partial charge in [-0.05, 0) is 25.0 Å². The maximum Gasteiger partial charge on any atom is 0.167 e. The van der Waals surface area contributed by atoms with Crippen molar-refractivity contribution < 1.29 is 9.59 Å². The number of aryl methyl sites for hydroxylation is 2. The molecule has 1 aliphatic rings. The largest absolute Gasteiger partial charge is 0.294 e. The van der Waals surface area contributed by atoms with Crippen molar-refractivity contribution in [1.29, 1.82) is 0 Å². The second kappa shape index (κ2) is 9.23. The van der Waals surface area contributed by atoms with Crippen molar-refractivity contribution in [3.63, 3.8) is 0 Å². The van der Waals surface area contributed by atoms with Crippen LogP contribution in [0.15, 0.2) is 109 Å². The van der Waals surface area contributed by atoms with Gasteiger partial charge < -0.3 is 0 Å². The Labute approximate surface area is 201 Å². The fraction of sp³-hybridized carbons (Fsp3) is 0.188. The predicted octanol–water partition coefficient (Wildman–Crippen LogP) is 7.18. The third kappa shape index (κ3) is 4.01. The van der Waals surface area contributed by atoms with Crippen molar-refractivity contribution in [2.24, 2.45) is 11.8 Å². The summed E-state index contributed by atoms with van der Waals surface area (Å²) in [6.45, 7) is 4.03. The number of benzene rings is 4. The molecule has 0 saturated heterocycles. The summed E-state index contributed by atoms with van der Waals surface area (Å²) in [7, 11) is 0. The van der Waals surface area contributed by atoms with Crippen molar-refractivity contribution in [2.75, 3.05) is 0 Å². The van der Waals surface area contributed by atoms with Crippen molar-refractivity contribution in [2.45, 2.75) is 25.7 Å². The van der Waals surface area contributed by atoms with Gasteiger partial charge in [-0.2, -0.15) is 0 Å². The lowest BCUT2D eigenvalue weighted by molar-refractivity contribution is 0.0456. The van der Waals surface area contributed by atoms with Crippen LogP contribution in [0.4, 0.5) is 0 Å². The van der Waals surface area contributed by atoms with E-state index in [4.69, 9.17) is 0 Å². The van der Waals surface area contributed by atoms with E-state index in [9.17, 15) is 9.59 Å². The van der Waals surface area contributed by atoms with E-state index in [1.54, 1.807) is 0 Å². The van der Waals surface area contributed by atoms with E-state index in [0.29, 0.717) is 11.1 Å². The van der Waals surface area contributed by atoms with Crippen LogP contribution in [0.2, 0.25) is 0 Å². The van der Waals surface area contributed by atoms with Gasteiger partial charge in [0.25, 0.3) is 0 Å². The number of carbonyl (C=O) groups excluding carboxylic acids is 2. The summed E-state index contributed by atoms with van der Waals surface area (Å²) in [4.78, 5) is 27.9. The zero-order valence-electron chi connectivity index (χ0n) is 19.5. The summed E-state index contributed by atoms with van der Waals surface area (Å²) in [5, 5.41) is 0. The van der Waals surface area contributed by atoms with Gasteiger partial charge in [0, 0.05) is 34.8 Å². The fourth-order valence-corrected chi connectivity index (χ4v) is 5.40. The first kappa shape index (κ1) is 22.0. The Morgan fingerprint density at radius 1 is 0.471 bits per heavy atom. The van der Waals surface area contributed by atoms with Crippen molar-refractivity contribution in [3.8, 4) is 0 Å². The van der Waals surface area contributed by atoms with Gasteiger partial charge in [-0.15, -0.1) is 0 Å². The van der Waals surface area contributed by atoms with Crippen LogP contribution in [0, 0.1) is 25.7 Å². The third-order valence-corrected chi connectivity index (χ3v) is 7.19. The van der Waals surface area contributed by atoms with Gasteiger partial charge in [0.15, 0.2) is 11.6 Å². The van der Waals surface area contributed by atoms with Crippen LogP contribution in [0.3, 0.4) is 0 Å². The number of ketones is 2. The second-order valence-corrected chi connectivity index (χ2v) is 9.39. The molecule has 1 saturated carbocycles. The molecule has 0 aromatic heterocycles. The van der Waals surface area contributed by atoms with Crippen LogP contribution in [0.1, 0.15) is 54.8 Å². The van der Waals surface area contributed by atoms with Gasteiger partial charge in [0.1, 0.15) is 0 Å². The Kier molecular flexibility index (Phi) is 5.98. The van der Waals surface area contributed by atoms with E-state index in [0.717, 1.165) is 22.3 Å². The van der Waals surface area contributed by atoms with E-state index < -0.39 is 11.8 Å². The molecule has 1 fully saturated rings. The molecular weight excluding hydrogens is 416 g/mol. The smallest absolute Gasteiger partial charge is 0.167 e. The summed E-state index contributed by atoms with van der Waals surface area (Å²) in [5.41, 5.74) is 5.78. The molecule has 5 rings (SSSR count). The van der Waals surface area contributed by atoms with Crippen molar-refractivity contribution in [1.82, 2.24) is 0 Å². The molecule has 0 unspecified atom stereocenters. The molecule has 0 bridgehead atoms. The first-order valence-electron chi connectivity index (χ1n) is 11.9. The average Bonchev–Trinajstić information content (AvgIpc) is 2.85. The zero-order valence-corrected chi connectivity index (χ0v) is 19.5. The Morgan fingerprint density at radius 2 is 0.794 bits per heavy atom. The summed E-state index contributed by atoms with van der Waals surface area (Å²) < 4.78 is 0. The molecule has 0 amide bonds. The standard InChI is InChI=1S/C32H28O2/c1-21-13-17-25(18-14-21)31(33)29-27(23-9-5-3-6-10-23)28(24-11-7-4-8-12-24)30(29)32(34)26-19-15-22(2)16-20-26/h3-20,27-30H,1-2H3/t27-,28-,29+,30+/m0/s1. The van der Waals surface area contributed by atoms with Crippen molar-refractivity contribution >= 4 is 11.6 Å². The van der Waals surface area contributed by atoms with Gasteiger partial charge in [-0.25, -0.2) is 0 Å². The molecule has 0 aliphatic heterocycles. The Balaban J connectivity index is 1.63. The predicted molar refractivity (Wildman–Crippen MR) is 136 cm³/mol. The van der Waals surface area contributed by atoms with Gasteiger partial charge in [-0.3, -0.25) is 9.59 Å². The minimum Gasteiger partial charge on any atom is -0.294 e. The highest BCUT2D eigenvalue weighted by molar-refractivity contribution is 6.07. The molecule has 4 aromatic carbocycles. The highest BCUT2D eigenvalue weighted by Gasteiger charge is 2.57. The minimum absolute atomic E-state index is 0.0477. The van der Waals surface area contributed by atoms with E-state index in [2.05, 4.69) is 24.3 Å². The molecule has 168 valence electrons. The maximum absolute atomic E-state index is 13.9. The van der Waals surface area contributed by atoms with E-state index in [-0.39, 0.29) is 23.4 Å². The van der Waals surface area contributed by atoms with Gasteiger partial charge in [0.05, 0.1) is 0 Å². The number of Topliss-reactive ketones (excluding diaryl/α,β-unsaturated/α-hetero) is 2. The molecular formula is C32H28O2. The quantitative estimate of drug-likeness (QED) is 0.295. The summed E-state index contributed by atoms with van der Waals surface area (Å²) >= 11 is 0. The molecule has 34 heavy (non-hydrogen) atoms. The van der Waals surface area contributed by atoms with E-state index >= 15 is 0 Å². The summed E-state index contributed by atoms with van der Waals surface area (Å²) in [6.07, 6.45) is 0. The van der Waals surface area contributed by atoms with E-state index in [1.807, 2.05) is 98.8 Å². The maximum atomic E-state index is 13.9. The van der Waals surface area contributed by atoms with Crippen LogP contribution in [-0.4, -0.2) is 11.6 Å². The lowest BCUT2D eigenvalue weighted by atomic mass is 9.49. The van der Waals surface area contributed by atoms with Crippen molar-refractivity contribution in [3.05, 3.63) is 143 Å². The monoisotopic (exact) mass is 444 g/mol. The number of hydrogen-bond donors (Lipinski definition) is 0. The zero-order chi connectivity index (χ0) is 23.7. The first-order valence-corrected chi connectivity index (χ1v) is 11.9. The molecule has 0 radical (unpaired) electrons.